The summed E-state index contributed by atoms with van der Waals surface area (Å²) in [6.07, 6.45) is 3.64. The number of hydrogen-bond acceptors (Lipinski definition) is 3. The van der Waals surface area contributed by atoms with Crippen LogP contribution in [0.2, 0.25) is 0 Å². The van der Waals surface area contributed by atoms with Gasteiger partial charge in [-0.2, -0.15) is 0 Å². The molecule has 4 nitrogen and oxygen atoms in total. The van der Waals surface area contributed by atoms with Gasteiger partial charge in [0.1, 0.15) is 0 Å². The lowest BCUT2D eigenvalue weighted by Gasteiger charge is -2.07. The molecular weight excluding hydrogens is 280 g/mol. The van der Waals surface area contributed by atoms with Gasteiger partial charge < -0.3 is 4.98 Å². The third-order valence-electron chi connectivity index (χ3n) is 3.51. The van der Waals surface area contributed by atoms with E-state index in [4.69, 9.17) is 12.2 Å². The molecule has 0 saturated carbocycles. The minimum Gasteiger partial charge on any atom is -0.329 e. The quantitative estimate of drug-likeness (QED) is 0.540. The molecule has 1 N–H and O–H groups in total. The lowest BCUT2D eigenvalue weighted by molar-refractivity contribution is 1.05. The molecule has 5 heteroatoms. The van der Waals surface area contributed by atoms with Crippen molar-refractivity contribution < 1.29 is 0 Å². The first-order valence-corrected chi connectivity index (χ1v) is 7.06. The fourth-order valence-corrected chi connectivity index (χ4v) is 2.89. The largest absolute Gasteiger partial charge is 0.329 e. The maximum Gasteiger partial charge on any atom is 0.184 e. The van der Waals surface area contributed by atoms with Crippen LogP contribution >= 0.6 is 12.2 Å². The summed E-state index contributed by atoms with van der Waals surface area (Å²) in [5.74, 6) is 0. The first-order chi connectivity index (χ1) is 10.2. The van der Waals surface area contributed by atoms with Crippen molar-refractivity contribution in [2.75, 3.05) is 0 Å². The molecule has 1 aromatic carbocycles. The van der Waals surface area contributed by atoms with Gasteiger partial charge >= 0.3 is 0 Å². The first kappa shape index (κ1) is 12.2. The number of fused-ring (bicyclic) bond motifs is 2. The van der Waals surface area contributed by atoms with E-state index in [9.17, 15) is 0 Å². The topological polar surface area (TPSA) is 46.5 Å². The molecular formula is C16H12N4S. The SMILES string of the molecule is Cc1cnc2c(c1)[nH]c(=S)n2-c1cccc2cccnc12. The van der Waals surface area contributed by atoms with Crippen molar-refractivity contribution in [2.24, 2.45) is 0 Å². The van der Waals surface area contributed by atoms with E-state index in [1.807, 2.05) is 54.1 Å². The Hall–Kier alpha value is -2.53. The van der Waals surface area contributed by atoms with Crippen LogP contribution in [-0.2, 0) is 0 Å². The number of rotatable bonds is 1. The standard InChI is InChI=1S/C16H12N4S/c1-10-8-12-15(18-9-10)20(16(21)19-12)13-6-2-4-11-5-3-7-17-14(11)13/h2-9H,1H3,(H,19,21). The van der Waals surface area contributed by atoms with Gasteiger partial charge in [-0.05, 0) is 42.9 Å². The smallest absolute Gasteiger partial charge is 0.184 e. The zero-order chi connectivity index (χ0) is 14.4. The Balaban J connectivity index is 2.14. The van der Waals surface area contributed by atoms with Gasteiger partial charge in [-0.25, -0.2) is 4.98 Å². The fourth-order valence-electron chi connectivity index (χ4n) is 2.59. The number of para-hydroxylation sites is 1. The van der Waals surface area contributed by atoms with Crippen molar-refractivity contribution in [3.05, 3.63) is 59.1 Å². The summed E-state index contributed by atoms with van der Waals surface area (Å²) in [6.45, 7) is 2.01. The Kier molecular flexibility index (Phi) is 2.62. The second-order valence-corrected chi connectivity index (χ2v) is 5.39. The van der Waals surface area contributed by atoms with E-state index in [0.29, 0.717) is 4.77 Å². The van der Waals surface area contributed by atoms with Crippen molar-refractivity contribution in [3.8, 4) is 5.69 Å². The van der Waals surface area contributed by atoms with Gasteiger partial charge in [0.25, 0.3) is 0 Å². The van der Waals surface area contributed by atoms with Crippen LogP contribution in [0.5, 0.6) is 0 Å². The molecule has 0 amide bonds. The van der Waals surface area contributed by atoms with Gasteiger partial charge in [-0.15, -0.1) is 0 Å². The van der Waals surface area contributed by atoms with Crippen LogP contribution < -0.4 is 0 Å². The van der Waals surface area contributed by atoms with Crippen LogP contribution in [0.3, 0.4) is 0 Å². The van der Waals surface area contributed by atoms with Gasteiger partial charge in [-0.1, -0.05) is 18.2 Å². The number of benzene rings is 1. The van der Waals surface area contributed by atoms with E-state index in [0.717, 1.165) is 33.3 Å². The summed E-state index contributed by atoms with van der Waals surface area (Å²) in [7, 11) is 0. The fraction of sp³-hybridized carbons (Fsp3) is 0.0625. The summed E-state index contributed by atoms with van der Waals surface area (Å²) in [5, 5.41) is 1.08. The van der Waals surface area contributed by atoms with Crippen molar-refractivity contribution in [2.45, 2.75) is 6.92 Å². The molecule has 4 aromatic rings. The summed E-state index contributed by atoms with van der Waals surface area (Å²) in [5.41, 5.74) is 4.72. The predicted octanol–water partition coefficient (Wildman–Crippen LogP) is 3.94. The van der Waals surface area contributed by atoms with Crippen LogP contribution in [0.15, 0.2) is 48.8 Å². The van der Waals surface area contributed by atoms with Crippen molar-refractivity contribution in [1.82, 2.24) is 19.5 Å². The lowest BCUT2D eigenvalue weighted by Crippen LogP contribution is -1.98. The molecule has 0 bridgehead atoms. The molecule has 3 heterocycles. The first-order valence-electron chi connectivity index (χ1n) is 6.65. The third-order valence-corrected chi connectivity index (χ3v) is 3.80. The van der Waals surface area contributed by atoms with Gasteiger partial charge in [0.15, 0.2) is 10.4 Å². The number of H-pyrrole nitrogens is 1. The molecule has 0 aliphatic rings. The third kappa shape index (κ3) is 1.86. The molecule has 0 aliphatic carbocycles. The highest BCUT2D eigenvalue weighted by molar-refractivity contribution is 7.71. The molecule has 0 aliphatic heterocycles. The minimum atomic E-state index is 0.626. The zero-order valence-corrected chi connectivity index (χ0v) is 12.2. The van der Waals surface area contributed by atoms with Crippen LogP contribution in [0.4, 0.5) is 0 Å². The highest BCUT2D eigenvalue weighted by atomic mass is 32.1. The molecule has 0 radical (unpaired) electrons. The monoisotopic (exact) mass is 292 g/mol. The second-order valence-electron chi connectivity index (χ2n) is 5.00. The van der Waals surface area contributed by atoms with Crippen LogP contribution in [0.1, 0.15) is 5.56 Å². The summed E-state index contributed by atoms with van der Waals surface area (Å²) < 4.78 is 2.57. The van der Waals surface area contributed by atoms with E-state index >= 15 is 0 Å². The Morgan fingerprint density at radius 1 is 1.14 bits per heavy atom. The molecule has 0 unspecified atom stereocenters. The second kappa shape index (κ2) is 4.49. The molecule has 0 spiro atoms. The van der Waals surface area contributed by atoms with E-state index in [-0.39, 0.29) is 0 Å². The molecule has 0 fully saturated rings. The number of pyridine rings is 2. The minimum absolute atomic E-state index is 0.626. The number of hydrogen-bond donors (Lipinski definition) is 1. The van der Waals surface area contributed by atoms with Gasteiger partial charge in [-0.3, -0.25) is 9.55 Å². The van der Waals surface area contributed by atoms with E-state index < -0.39 is 0 Å². The number of imidazole rings is 1. The molecule has 0 atom stereocenters. The number of aryl methyl sites for hydroxylation is 1. The van der Waals surface area contributed by atoms with Gasteiger partial charge in [0.05, 0.1) is 16.7 Å². The Morgan fingerprint density at radius 2 is 2.00 bits per heavy atom. The highest BCUT2D eigenvalue weighted by Crippen LogP contribution is 2.24. The predicted molar refractivity (Wildman–Crippen MR) is 86.3 cm³/mol. The lowest BCUT2D eigenvalue weighted by atomic mass is 10.2. The van der Waals surface area contributed by atoms with Gasteiger partial charge in [0, 0.05) is 17.8 Å². The van der Waals surface area contributed by atoms with Crippen LogP contribution in [0, 0.1) is 11.7 Å². The Bertz CT molecular complexity index is 1020. The van der Waals surface area contributed by atoms with Gasteiger partial charge in [0.2, 0.25) is 0 Å². The van der Waals surface area contributed by atoms with E-state index in [1.54, 1.807) is 6.20 Å². The summed E-state index contributed by atoms with van der Waals surface area (Å²) >= 11 is 5.48. The molecule has 3 aromatic heterocycles. The maximum absolute atomic E-state index is 5.48. The highest BCUT2D eigenvalue weighted by Gasteiger charge is 2.11. The normalized spacial score (nSPS) is 11.3. The van der Waals surface area contributed by atoms with Crippen molar-refractivity contribution in [3.63, 3.8) is 0 Å². The molecule has 0 saturated heterocycles. The molecule has 21 heavy (non-hydrogen) atoms. The number of nitrogens with one attached hydrogen (secondary N) is 1. The average molecular weight is 292 g/mol. The summed E-state index contributed by atoms with van der Waals surface area (Å²) in [4.78, 5) is 12.2. The van der Waals surface area contributed by atoms with Crippen molar-refractivity contribution >= 4 is 34.3 Å². The van der Waals surface area contributed by atoms with Crippen molar-refractivity contribution in [1.29, 1.82) is 0 Å². The molecule has 102 valence electrons. The van der Waals surface area contributed by atoms with E-state index in [2.05, 4.69) is 15.0 Å². The van der Waals surface area contributed by atoms with E-state index in [1.165, 1.54) is 0 Å². The zero-order valence-electron chi connectivity index (χ0n) is 11.4. The van der Waals surface area contributed by atoms with Crippen LogP contribution in [-0.4, -0.2) is 19.5 Å². The Labute approximate surface area is 126 Å². The average Bonchev–Trinajstić information content (AvgIpc) is 2.81. The maximum atomic E-state index is 5.48. The molecule has 4 rings (SSSR count). The number of nitrogens with zero attached hydrogens (tertiary/aromatic N) is 3. The van der Waals surface area contributed by atoms with Crippen LogP contribution in [0.25, 0.3) is 27.8 Å². The summed E-state index contributed by atoms with van der Waals surface area (Å²) in [6, 6.07) is 12.1. The number of aromatic amines is 1. The Morgan fingerprint density at radius 3 is 2.90 bits per heavy atom. The number of aromatic nitrogens is 4.